The van der Waals surface area contributed by atoms with Crippen LogP contribution in [0.1, 0.15) is 25.7 Å². The van der Waals surface area contributed by atoms with Crippen molar-refractivity contribution in [1.82, 2.24) is 29.9 Å². The summed E-state index contributed by atoms with van der Waals surface area (Å²) >= 11 is 0. The molecule has 1 aliphatic rings. The van der Waals surface area contributed by atoms with Gasteiger partial charge in [-0.2, -0.15) is 15.0 Å². The van der Waals surface area contributed by atoms with E-state index in [1.54, 1.807) is 29.6 Å². The van der Waals surface area contributed by atoms with Crippen LogP contribution in [0.2, 0.25) is 0 Å². The average Bonchev–Trinajstić information content (AvgIpc) is 3.31. The summed E-state index contributed by atoms with van der Waals surface area (Å²) < 4.78 is 0. The number of hydrogen-bond acceptors (Lipinski definition) is 8. The molecule has 1 saturated carbocycles. The van der Waals surface area contributed by atoms with E-state index in [0.717, 1.165) is 41.6 Å². The number of nitrogens with zero attached hydrogens (tertiary/aromatic N) is 6. The second kappa shape index (κ2) is 7.68. The first kappa shape index (κ1) is 18.4. The van der Waals surface area contributed by atoms with E-state index in [-0.39, 0.29) is 12.1 Å². The van der Waals surface area contributed by atoms with Crippen molar-refractivity contribution in [3.8, 4) is 16.8 Å². The number of pyridine rings is 1. The molecule has 0 saturated heterocycles. The molecule has 4 aromatic rings. The van der Waals surface area contributed by atoms with Crippen LogP contribution < -0.4 is 16.8 Å². The zero-order chi connectivity index (χ0) is 20.5. The first-order chi connectivity index (χ1) is 14.7. The van der Waals surface area contributed by atoms with E-state index >= 15 is 0 Å². The Morgan fingerprint density at radius 3 is 2.70 bits per heavy atom. The van der Waals surface area contributed by atoms with Crippen molar-refractivity contribution in [2.45, 2.75) is 37.8 Å². The van der Waals surface area contributed by atoms with Gasteiger partial charge in [0.05, 0.1) is 29.0 Å². The Bertz CT molecular complexity index is 1170. The Balaban J connectivity index is 1.57. The van der Waals surface area contributed by atoms with Crippen LogP contribution in [0.25, 0.3) is 27.7 Å². The summed E-state index contributed by atoms with van der Waals surface area (Å²) in [6.45, 7) is 0. The highest BCUT2D eigenvalue weighted by atomic mass is 15.5. The van der Waals surface area contributed by atoms with Gasteiger partial charge >= 0.3 is 0 Å². The monoisotopic (exact) mass is 401 g/mol. The van der Waals surface area contributed by atoms with Gasteiger partial charge in [-0.25, -0.2) is 15.0 Å². The number of rotatable bonds is 4. The summed E-state index contributed by atoms with van der Waals surface area (Å²) in [6, 6.07) is 8.19. The lowest BCUT2D eigenvalue weighted by molar-refractivity contribution is 0.402. The molecule has 152 valence electrons. The fourth-order valence-electron chi connectivity index (χ4n) is 3.97. The predicted octanol–water partition coefficient (Wildman–Crippen LogP) is 2.54. The van der Waals surface area contributed by atoms with Gasteiger partial charge in [-0.15, -0.1) is 0 Å². The van der Waals surface area contributed by atoms with E-state index in [4.69, 9.17) is 16.5 Å². The topological polar surface area (TPSA) is 133 Å². The molecule has 0 bridgehead atoms. The number of aromatic nitrogens is 6. The van der Waals surface area contributed by atoms with Crippen LogP contribution in [-0.4, -0.2) is 42.0 Å². The third-order valence-corrected chi connectivity index (χ3v) is 5.59. The fraction of sp³-hybridized carbons (Fsp3) is 0.286. The second-order valence-corrected chi connectivity index (χ2v) is 7.58. The Morgan fingerprint density at radius 1 is 1.03 bits per heavy atom. The Kier molecular flexibility index (Phi) is 4.72. The molecule has 1 fully saturated rings. The van der Waals surface area contributed by atoms with E-state index < -0.39 is 0 Å². The van der Waals surface area contributed by atoms with Gasteiger partial charge < -0.3 is 16.8 Å². The van der Waals surface area contributed by atoms with Crippen molar-refractivity contribution >= 4 is 22.7 Å². The molecule has 0 aliphatic heterocycles. The number of nitrogens with two attached hydrogens (primary N) is 2. The zero-order valence-corrected chi connectivity index (χ0v) is 16.4. The van der Waals surface area contributed by atoms with Crippen LogP contribution in [0, 0.1) is 0 Å². The molecule has 9 nitrogen and oxygen atoms in total. The zero-order valence-electron chi connectivity index (χ0n) is 16.4. The molecular formula is C21H23N9. The van der Waals surface area contributed by atoms with Crippen molar-refractivity contribution in [1.29, 1.82) is 0 Å². The van der Waals surface area contributed by atoms with Crippen molar-refractivity contribution in [3.63, 3.8) is 0 Å². The Labute approximate surface area is 173 Å². The highest BCUT2D eigenvalue weighted by Crippen LogP contribution is 2.31. The van der Waals surface area contributed by atoms with Gasteiger partial charge in [0.25, 0.3) is 0 Å². The molecule has 9 heteroatoms. The normalized spacial score (nSPS) is 19.1. The molecular weight excluding hydrogens is 378 g/mol. The van der Waals surface area contributed by atoms with Gasteiger partial charge in [0.1, 0.15) is 5.82 Å². The van der Waals surface area contributed by atoms with E-state index in [1.165, 1.54) is 6.42 Å². The summed E-state index contributed by atoms with van der Waals surface area (Å²) in [4.78, 5) is 15.2. The van der Waals surface area contributed by atoms with Crippen LogP contribution in [0.3, 0.4) is 0 Å². The molecule has 0 unspecified atom stereocenters. The first-order valence-electron chi connectivity index (χ1n) is 10.1. The summed E-state index contributed by atoms with van der Waals surface area (Å²) in [6.07, 6.45) is 11.1. The maximum atomic E-state index is 6.29. The quantitative estimate of drug-likeness (QED) is 0.475. The van der Waals surface area contributed by atoms with Crippen molar-refractivity contribution in [3.05, 3.63) is 49.1 Å². The second-order valence-electron chi connectivity index (χ2n) is 7.58. The van der Waals surface area contributed by atoms with Crippen LogP contribution in [0.5, 0.6) is 0 Å². The molecule has 0 amide bonds. The third-order valence-electron chi connectivity index (χ3n) is 5.59. The maximum absolute atomic E-state index is 6.29. The van der Waals surface area contributed by atoms with Gasteiger partial charge in [-0.1, -0.05) is 25.0 Å². The van der Waals surface area contributed by atoms with Gasteiger partial charge in [-0.05, 0) is 30.5 Å². The lowest BCUT2D eigenvalue weighted by Crippen LogP contribution is -2.42. The highest BCUT2D eigenvalue weighted by Gasteiger charge is 2.22. The standard InChI is InChI=1S/C21H23N9/c22-17-6-1-2-7-18(17)28-21-25-12-16-19(29-21)15(11-24-20(16)23)13-4-3-5-14(10-13)30-26-8-9-27-30/h3-5,8-12,17-18H,1-2,6-7,22H2,(H2,23,24)(H,25,28,29)/t17-,18+/m1/s1. The predicted molar refractivity (Wildman–Crippen MR) is 116 cm³/mol. The molecule has 5 N–H and O–H groups in total. The van der Waals surface area contributed by atoms with Crippen molar-refractivity contribution in [2.24, 2.45) is 5.73 Å². The van der Waals surface area contributed by atoms with Crippen LogP contribution >= 0.6 is 0 Å². The van der Waals surface area contributed by atoms with E-state index in [1.807, 2.05) is 24.3 Å². The smallest absolute Gasteiger partial charge is 0.223 e. The highest BCUT2D eigenvalue weighted by molar-refractivity contribution is 5.98. The third kappa shape index (κ3) is 3.43. The molecule has 5 rings (SSSR count). The van der Waals surface area contributed by atoms with E-state index in [2.05, 4.69) is 25.5 Å². The molecule has 3 heterocycles. The van der Waals surface area contributed by atoms with Gasteiger partial charge in [0.2, 0.25) is 5.95 Å². The summed E-state index contributed by atoms with van der Waals surface area (Å²) in [5, 5.41) is 12.6. The molecule has 1 aliphatic carbocycles. The van der Waals surface area contributed by atoms with E-state index in [0.29, 0.717) is 17.2 Å². The minimum atomic E-state index is 0.110. The molecule has 0 spiro atoms. The molecule has 3 aromatic heterocycles. The van der Waals surface area contributed by atoms with Crippen LogP contribution in [0.4, 0.5) is 11.8 Å². The van der Waals surface area contributed by atoms with E-state index in [9.17, 15) is 0 Å². The molecule has 2 atom stereocenters. The fourth-order valence-corrected chi connectivity index (χ4v) is 3.97. The van der Waals surface area contributed by atoms with Gasteiger partial charge in [-0.3, -0.25) is 0 Å². The summed E-state index contributed by atoms with van der Waals surface area (Å²) in [5.74, 6) is 0.959. The Hall–Kier alpha value is -3.59. The number of benzene rings is 1. The number of hydrogen-bond donors (Lipinski definition) is 3. The number of nitrogens with one attached hydrogen (secondary N) is 1. The maximum Gasteiger partial charge on any atom is 0.223 e. The summed E-state index contributed by atoms with van der Waals surface area (Å²) in [5.41, 5.74) is 15.8. The molecule has 30 heavy (non-hydrogen) atoms. The minimum absolute atomic E-state index is 0.110. The largest absolute Gasteiger partial charge is 0.383 e. The Morgan fingerprint density at radius 2 is 1.87 bits per heavy atom. The first-order valence-corrected chi connectivity index (χ1v) is 10.1. The van der Waals surface area contributed by atoms with Crippen LogP contribution in [-0.2, 0) is 0 Å². The van der Waals surface area contributed by atoms with Gasteiger partial charge in [0.15, 0.2) is 0 Å². The van der Waals surface area contributed by atoms with Crippen molar-refractivity contribution < 1.29 is 0 Å². The van der Waals surface area contributed by atoms with Gasteiger partial charge in [0, 0.05) is 30.0 Å². The lowest BCUT2D eigenvalue weighted by atomic mass is 9.91. The molecule has 0 radical (unpaired) electrons. The number of nitrogen functional groups attached to an aromatic ring is 1. The SMILES string of the molecule is Nc1ncc(-c2cccc(-n3nccn3)c2)c2nc(N[C@H]3CCCC[C@H]3N)ncc12. The summed E-state index contributed by atoms with van der Waals surface area (Å²) in [7, 11) is 0. The minimum Gasteiger partial charge on any atom is -0.383 e. The number of fused-ring (bicyclic) bond motifs is 1. The number of anilines is 2. The van der Waals surface area contributed by atoms with Crippen molar-refractivity contribution in [2.75, 3.05) is 11.1 Å². The molecule has 1 aromatic carbocycles. The lowest BCUT2D eigenvalue weighted by Gasteiger charge is -2.29. The van der Waals surface area contributed by atoms with Crippen LogP contribution in [0.15, 0.2) is 49.1 Å². The average molecular weight is 401 g/mol.